The van der Waals surface area contributed by atoms with Gasteiger partial charge >= 0.3 is 0 Å². The zero-order valence-corrected chi connectivity index (χ0v) is 28.8. The summed E-state index contributed by atoms with van der Waals surface area (Å²) in [4.78, 5) is 29.8. The molecule has 0 fully saturated rings. The highest BCUT2D eigenvalue weighted by Gasteiger charge is 2.34. The lowest BCUT2D eigenvalue weighted by Gasteiger charge is -2.34. The molecule has 0 heterocycles. The molecule has 0 unspecified atom stereocenters. The second kappa shape index (κ2) is 15.8. The fourth-order valence-electron chi connectivity index (χ4n) is 4.65. The van der Waals surface area contributed by atoms with Crippen LogP contribution in [0.3, 0.4) is 0 Å². The monoisotopic (exact) mass is 729 g/mol. The molecule has 0 aliphatic heterocycles. The van der Waals surface area contributed by atoms with Gasteiger partial charge in [-0.1, -0.05) is 114 Å². The maximum absolute atomic E-state index is 14.5. The normalized spacial score (nSPS) is 12.0. The van der Waals surface area contributed by atoms with E-state index >= 15 is 0 Å². The molecule has 0 saturated carbocycles. The van der Waals surface area contributed by atoms with Crippen LogP contribution in [0.25, 0.3) is 0 Å². The summed E-state index contributed by atoms with van der Waals surface area (Å²) in [6, 6.07) is 28.1. The van der Waals surface area contributed by atoms with Gasteiger partial charge in [0, 0.05) is 24.0 Å². The van der Waals surface area contributed by atoms with Gasteiger partial charge in [0.15, 0.2) is 0 Å². The lowest BCUT2D eigenvalue weighted by Crippen LogP contribution is -2.53. The maximum atomic E-state index is 14.5. The molecule has 45 heavy (non-hydrogen) atoms. The number of carbonyl (C=O) groups excluding carboxylic acids is 2. The highest BCUT2D eigenvalue weighted by molar-refractivity contribution is 9.10. The summed E-state index contributed by atoms with van der Waals surface area (Å²) in [5.74, 6) is -0.711. The quantitative estimate of drug-likeness (QED) is 0.156. The van der Waals surface area contributed by atoms with Crippen molar-refractivity contribution in [3.63, 3.8) is 0 Å². The van der Waals surface area contributed by atoms with Crippen molar-refractivity contribution < 1.29 is 18.0 Å². The molecule has 0 aromatic heterocycles. The zero-order chi connectivity index (χ0) is 32.6. The number of benzene rings is 4. The van der Waals surface area contributed by atoms with Crippen molar-refractivity contribution in [3.05, 3.63) is 129 Å². The molecule has 0 radical (unpaired) electrons. The summed E-state index contributed by atoms with van der Waals surface area (Å²) >= 11 is 15.9. The molecule has 4 aromatic rings. The van der Waals surface area contributed by atoms with Crippen LogP contribution in [0.2, 0.25) is 10.0 Å². The van der Waals surface area contributed by atoms with Crippen LogP contribution in [0.5, 0.6) is 0 Å². The Hall–Kier alpha value is -3.37. The lowest BCUT2D eigenvalue weighted by atomic mass is 10.0. The molecule has 0 aliphatic rings. The zero-order valence-electron chi connectivity index (χ0n) is 24.9. The Bertz CT molecular complexity index is 1710. The molecule has 0 saturated heterocycles. The predicted molar refractivity (Wildman–Crippen MR) is 184 cm³/mol. The Labute approximate surface area is 283 Å². The van der Waals surface area contributed by atoms with E-state index in [2.05, 4.69) is 21.2 Å². The molecule has 0 spiro atoms. The third-order valence-electron chi connectivity index (χ3n) is 7.02. The van der Waals surface area contributed by atoms with E-state index in [0.29, 0.717) is 6.54 Å². The van der Waals surface area contributed by atoms with Crippen molar-refractivity contribution >= 4 is 66.7 Å². The molecular weight excluding hydrogens is 697 g/mol. The van der Waals surface area contributed by atoms with Gasteiger partial charge in [0.25, 0.3) is 10.0 Å². The Morgan fingerprint density at radius 2 is 1.44 bits per heavy atom. The number of amides is 2. The van der Waals surface area contributed by atoms with Crippen LogP contribution in [-0.2, 0) is 32.6 Å². The molecule has 0 bridgehead atoms. The Morgan fingerprint density at radius 1 is 0.822 bits per heavy atom. The average molecular weight is 732 g/mol. The highest BCUT2D eigenvalue weighted by atomic mass is 79.9. The number of anilines is 1. The number of rotatable bonds is 13. The molecular formula is C34H34BrCl2N3O4S. The molecule has 4 rings (SSSR count). The lowest BCUT2D eigenvalue weighted by molar-refractivity contribution is -0.140. The van der Waals surface area contributed by atoms with E-state index in [1.165, 1.54) is 35.2 Å². The highest BCUT2D eigenvalue weighted by Crippen LogP contribution is 2.31. The summed E-state index contributed by atoms with van der Waals surface area (Å²) in [5, 5.41) is 3.36. The van der Waals surface area contributed by atoms with E-state index in [1.54, 1.807) is 18.2 Å². The predicted octanol–water partition coefficient (Wildman–Crippen LogP) is 7.36. The third kappa shape index (κ3) is 9.33. The van der Waals surface area contributed by atoms with E-state index in [4.69, 9.17) is 23.2 Å². The smallest absolute Gasteiger partial charge is 0.264 e. The largest absolute Gasteiger partial charge is 0.354 e. The molecule has 1 atom stereocenters. The maximum Gasteiger partial charge on any atom is 0.264 e. The van der Waals surface area contributed by atoms with Gasteiger partial charge in [0.1, 0.15) is 12.6 Å². The van der Waals surface area contributed by atoms with E-state index in [0.717, 1.165) is 19.9 Å². The van der Waals surface area contributed by atoms with Crippen molar-refractivity contribution in [1.82, 2.24) is 10.2 Å². The average Bonchev–Trinajstić information content (AvgIpc) is 3.03. The van der Waals surface area contributed by atoms with Crippen LogP contribution in [0.1, 0.15) is 25.0 Å². The first-order valence-corrected chi connectivity index (χ1v) is 17.3. The summed E-state index contributed by atoms with van der Waals surface area (Å²) < 4.78 is 30.0. The number of hydrogen-bond acceptors (Lipinski definition) is 4. The summed E-state index contributed by atoms with van der Waals surface area (Å²) in [7, 11) is -4.24. The minimum atomic E-state index is -4.24. The summed E-state index contributed by atoms with van der Waals surface area (Å²) in [6.45, 7) is 3.87. The van der Waals surface area contributed by atoms with Crippen molar-refractivity contribution in [3.8, 4) is 0 Å². The second-order valence-electron chi connectivity index (χ2n) is 10.9. The Kier molecular flexibility index (Phi) is 12.1. The first-order chi connectivity index (χ1) is 21.5. The molecule has 2 amide bonds. The van der Waals surface area contributed by atoms with Crippen molar-refractivity contribution in [1.29, 1.82) is 0 Å². The fourth-order valence-corrected chi connectivity index (χ4v) is 6.64. The van der Waals surface area contributed by atoms with Gasteiger partial charge in [-0.2, -0.15) is 0 Å². The minimum Gasteiger partial charge on any atom is -0.354 e. The number of halogens is 3. The van der Waals surface area contributed by atoms with Crippen LogP contribution >= 0.6 is 39.1 Å². The molecule has 1 N–H and O–H groups in total. The van der Waals surface area contributed by atoms with E-state index in [-0.39, 0.29) is 45.4 Å². The Balaban J connectivity index is 1.80. The van der Waals surface area contributed by atoms with Crippen LogP contribution in [0.15, 0.2) is 112 Å². The van der Waals surface area contributed by atoms with Gasteiger partial charge in [0.2, 0.25) is 11.8 Å². The first kappa shape index (κ1) is 34.5. The number of carbonyl (C=O) groups is 2. The topological polar surface area (TPSA) is 86.8 Å². The van der Waals surface area contributed by atoms with Gasteiger partial charge in [0.05, 0.1) is 20.6 Å². The summed E-state index contributed by atoms with van der Waals surface area (Å²) in [5.41, 5.74) is 1.79. The number of nitrogens with one attached hydrogen (secondary N) is 1. The third-order valence-corrected chi connectivity index (χ3v) is 10.1. The fraction of sp³-hybridized carbons (Fsp3) is 0.235. The van der Waals surface area contributed by atoms with Crippen LogP contribution < -0.4 is 9.62 Å². The molecule has 0 aliphatic carbocycles. The molecule has 4 aromatic carbocycles. The number of nitrogens with zero attached hydrogens (tertiary/aromatic N) is 2. The first-order valence-electron chi connectivity index (χ1n) is 14.3. The van der Waals surface area contributed by atoms with Gasteiger partial charge < -0.3 is 10.2 Å². The van der Waals surface area contributed by atoms with E-state index < -0.39 is 28.5 Å². The summed E-state index contributed by atoms with van der Waals surface area (Å²) in [6.07, 6.45) is 0.227. The number of hydrogen-bond donors (Lipinski definition) is 1. The standard InChI is InChI=1S/C34H34BrCl2N3O4S/c1-24(2)21-38-34(42)32(19-25-9-5-3-6-10-25)39(22-26-13-15-27(35)16-14-26)33(41)23-40(28-17-18-30(36)31(37)20-28)45(43,44)29-11-7-4-8-12-29/h3-18,20,24,32H,19,21-23H2,1-2H3,(H,38,42)/t32-/m0/s1. The second-order valence-corrected chi connectivity index (χ2v) is 14.5. The van der Waals surface area contributed by atoms with Gasteiger partial charge in [-0.25, -0.2) is 8.42 Å². The van der Waals surface area contributed by atoms with Gasteiger partial charge in [-0.3, -0.25) is 13.9 Å². The molecule has 11 heteroatoms. The molecule has 236 valence electrons. The van der Waals surface area contributed by atoms with E-state index in [9.17, 15) is 18.0 Å². The van der Waals surface area contributed by atoms with Crippen LogP contribution in [0.4, 0.5) is 5.69 Å². The SMILES string of the molecule is CC(C)CNC(=O)[C@H](Cc1ccccc1)N(Cc1ccc(Br)cc1)C(=O)CN(c1ccc(Cl)c(Cl)c1)S(=O)(=O)c1ccccc1. The van der Waals surface area contributed by atoms with Gasteiger partial charge in [-0.05, 0) is 59.5 Å². The number of sulfonamides is 1. The minimum absolute atomic E-state index is 0.00107. The van der Waals surface area contributed by atoms with Crippen molar-refractivity contribution in [2.24, 2.45) is 5.92 Å². The van der Waals surface area contributed by atoms with Crippen LogP contribution in [0, 0.1) is 5.92 Å². The van der Waals surface area contributed by atoms with Gasteiger partial charge in [-0.15, -0.1) is 0 Å². The molecule has 7 nitrogen and oxygen atoms in total. The Morgan fingerprint density at radius 3 is 2.04 bits per heavy atom. The van der Waals surface area contributed by atoms with Crippen molar-refractivity contribution in [2.45, 2.75) is 37.8 Å². The van der Waals surface area contributed by atoms with Crippen molar-refractivity contribution in [2.75, 3.05) is 17.4 Å². The van der Waals surface area contributed by atoms with Crippen LogP contribution in [-0.4, -0.2) is 44.3 Å². The van der Waals surface area contributed by atoms with E-state index in [1.807, 2.05) is 68.4 Å².